The molecule has 1 saturated heterocycles. The van der Waals surface area contributed by atoms with Crippen LogP contribution in [0.15, 0.2) is 18.3 Å². The van der Waals surface area contributed by atoms with Gasteiger partial charge in [-0.1, -0.05) is 0 Å². The number of nitrogens with zero attached hydrogens (tertiary/aromatic N) is 1. The van der Waals surface area contributed by atoms with Crippen molar-refractivity contribution in [1.29, 1.82) is 0 Å². The van der Waals surface area contributed by atoms with E-state index in [1.807, 2.05) is 6.92 Å². The Bertz CT molecular complexity index is 435. The van der Waals surface area contributed by atoms with Crippen LogP contribution < -0.4 is 5.32 Å². The third kappa shape index (κ3) is 3.50. The molecule has 0 saturated carbocycles. The number of hydrogen-bond acceptors (Lipinski definition) is 5. The maximum atomic E-state index is 11.9. The first-order valence-electron chi connectivity index (χ1n) is 6.31. The van der Waals surface area contributed by atoms with Crippen LogP contribution in [0.2, 0.25) is 0 Å². The Hall–Kier alpha value is -1.50. The monoisotopic (exact) mass is 266 g/mol. The summed E-state index contributed by atoms with van der Waals surface area (Å²) in [4.78, 5) is 15.9. The zero-order valence-corrected chi connectivity index (χ0v) is 10.7. The van der Waals surface area contributed by atoms with Gasteiger partial charge >= 0.3 is 0 Å². The molecule has 104 valence electrons. The van der Waals surface area contributed by atoms with Crippen molar-refractivity contribution in [2.24, 2.45) is 0 Å². The Morgan fingerprint density at radius 3 is 2.89 bits per heavy atom. The van der Waals surface area contributed by atoms with Gasteiger partial charge in [0, 0.05) is 0 Å². The van der Waals surface area contributed by atoms with E-state index in [1.165, 1.54) is 6.20 Å². The molecule has 1 amide bonds. The first-order valence-corrected chi connectivity index (χ1v) is 6.31. The van der Waals surface area contributed by atoms with E-state index < -0.39 is 12.2 Å². The molecular weight excluding hydrogens is 248 g/mol. The molecule has 2 heterocycles. The highest BCUT2D eigenvalue weighted by Crippen LogP contribution is 2.20. The third-order valence-electron chi connectivity index (χ3n) is 3.09. The first-order chi connectivity index (χ1) is 9.10. The fourth-order valence-corrected chi connectivity index (χ4v) is 1.99. The molecular formula is C13H18N2O4. The fourth-order valence-electron chi connectivity index (χ4n) is 1.99. The van der Waals surface area contributed by atoms with Gasteiger partial charge in [0.05, 0.1) is 30.3 Å². The average molecular weight is 266 g/mol. The Kier molecular flexibility index (Phi) is 4.47. The van der Waals surface area contributed by atoms with Gasteiger partial charge in [-0.05, 0) is 31.9 Å². The van der Waals surface area contributed by atoms with Gasteiger partial charge in [-0.25, -0.2) is 0 Å². The van der Waals surface area contributed by atoms with Crippen LogP contribution in [0.3, 0.4) is 0 Å². The van der Waals surface area contributed by atoms with E-state index in [-0.39, 0.29) is 18.6 Å². The quantitative estimate of drug-likeness (QED) is 0.742. The van der Waals surface area contributed by atoms with Crippen molar-refractivity contribution in [2.75, 3.05) is 11.9 Å². The van der Waals surface area contributed by atoms with Crippen molar-refractivity contribution in [3.8, 4) is 0 Å². The number of rotatable bonds is 4. The van der Waals surface area contributed by atoms with Crippen molar-refractivity contribution in [1.82, 2.24) is 4.98 Å². The summed E-state index contributed by atoms with van der Waals surface area (Å²) in [5, 5.41) is 20.9. The summed E-state index contributed by atoms with van der Waals surface area (Å²) in [5.41, 5.74) is 0.910. The van der Waals surface area contributed by atoms with Gasteiger partial charge in [0.2, 0.25) is 0 Å². The number of aromatic nitrogens is 1. The third-order valence-corrected chi connectivity index (χ3v) is 3.09. The minimum Gasteiger partial charge on any atom is -0.393 e. The lowest BCUT2D eigenvalue weighted by molar-refractivity contribution is -0.126. The van der Waals surface area contributed by atoms with E-state index in [4.69, 9.17) is 9.84 Å². The highest BCUT2D eigenvalue weighted by molar-refractivity contribution is 5.94. The summed E-state index contributed by atoms with van der Waals surface area (Å²) < 4.78 is 5.47. The van der Waals surface area contributed by atoms with Crippen molar-refractivity contribution < 1.29 is 19.7 Å². The van der Waals surface area contributed by atoms with Crippen molar-refractivity contribution in [2.45, 2.75) is 38.1 Å². The van der Waals surface area contributed by atoms with Crippen LogP contribution in [0, 0.1) is 0 Å². The Morgan fingerprint density at radius 2 is 2.37 bits per heavy atom. The van der Waals surface area contributed by atoms with E-state index in [9.17, 15) is 9.90 Å². The van der Waals surface area contributed by atoms with E-state index in [1.54, 1.807) is 12.1 Å². The molecule has 3 N–H and O–H groups in total. The molecule has 1 aromatic rings. The Morgan fingerprint density at radius 1 is 1.58 bits per heavy atom. The van der Waals surface area contributed by atoms with E-state index in [0.717, 1.165) is 12.8 Å². The van der Waals surface area contributed by atoms with Crippen molar-refractivity contribution in [3.05, 3.63) is 24.0 Å². The minimum atomic E-state index is -0.997. The van der Waals surface area contributed by atoms with Crippen LogP contribution in [-0.4, -0.2) is 39.9 Å². The van der Waals surface area contributed by atoms with Crippen LogP contribution in [0.1, 0.15) is 31.6 Å². The van der Waals surface area contributed by atoms with Crippen molar-refractivity contribution >= 4 is 11.6 Å². The predicted molar refractivity (Wildman–Crippen MR) is 68.5 cm³/mol. The van der Waals surface area contributed by atoms with E-state index in [2.05, 4.69) is 10.3 Å². The number of pyridine rings is 1. The maximum Gasteiger partial charge on any atom is 0.253 e. The maximum absolute atomic E-state index is 11.9. The number of aliphatic hydroxyl groups excluding tert-OH is 2. The molecule has 0 aliphatic carbocycles. The molecule has 0 bridgehead atoms. The number of carbonyl (C=O) groups is 1. The topological polar surface area (TPSA) is 91.7 Å². The lowest BCUT2D eigenvalue weighted by atomic mass is 10.2. The molecule has 3 atom stereocenters. The second-order valence-corrected chi connectivity index (χ2v) is 4.67. The van der Waals surface area contributed by atoms with Gasteiger partial charge in [0.15, 0.2) is 0 Å². The van der Waals surface area contributed by atoms with Crippen LogP contribution in [0.5, 0.6) is 0 Å². The number of nitrogens with one attached hydrogen (secondary N) is 1. The molecule has 0 aromatic carbocycles. The second kappa shape index (κ2) is 6.10. The Balaban J connectivity index is 1.94. The molecule has 2 rings (SSSR count). The molecule has 6 nitrogen and oxygen atoms in total. The van der Waals surface area contributed by atoms with E-state index in [0.29, 0.717) is 11.4 Å². The molecule has 2 unspecified atom stereocenters. The lowest BCUT2D eigenvalue weighted by Gasteiger charge is -2.12. The minimum absolute atomic E-state index is 0.121. The molecule has 1 aliphatic rings. The highest BCUT2D eigenvalue weighted by atomic mass is 16.5. The fraction of sp³-hybridized carbons (Fsp3) is 0.538. The van der Waals surface area contributed by atoms with Gasteiger partial charge in [0.25, 0.3) is 5.91 Å². The average Bonchev–Trinajstić information content (AvgIpc) is 2.85. The lowest BCUT2D eigenvalue weighted by Crippen LogP contribution is -2.27. The van der Waals surface area contributed by atoms with Crippen LogP contribution in [-0.2, 0) is 9.53 Å². The number of ether oxygens (including phenoxy) is 1. The zero-order valence-electron chi connectivity index (χ0n) is 10.7. The SMILES string of the molecule is CC1CC[C@H](C(=O)Nc2ccc(C(O)CO)nc2)O1. The zero-order chi connectivity index (χ0) is 13.8. The summed E-state index contributed by atoms with van der Waals surface area (Å²) in [6, 6.07) is 3.20. The van der Waals surface area contributed by atoms with Gasteiger partial charge in [-0.2, -0.15) is 0 Å². The summed E-state index contributed by atoms with van der Waals surface area (Å²) >= 11 is 0. The number of anilines is 1. The summed E-state index contributed by atoms with van der Waals surface area (Å²) in [6.07, 6.45) is 1.78. The molecule has 1 aromatic heterocycles. The molecule has 1 fully saturated rings. The summed E-state index contributed by atoms with van der Waals surface area (Å²) in [6.45, 7) is 1.56. The predicted octanol–water partition coefficient (Wildman–Crippen LogP) is 0.613. The van der Waals surface area contributed by atoms with Crippen LogP contribution >= 0.6 is 0 Å². The van der Waals surface area contributed by atoms with Gasteiger partial charge in [-0.15, -0.1) is 0 Å². The van der Waals surface area contributed by atoms with Gasteiger partial charge in [0.1, 0.15) is 12.2 Å². The molecule has 19 heavy (non-hydrogen) atoms. The Labute approximate surface area is 111 Å². The number of amides is 1. The summed E-state index contributed by atoms with van der Waals surface area (Å²) in [7, 11) is 0. The molecule has 6 heteroatoms. The largest absolute Gasteiger partial charge is 0.393 e. The normalized spacial score (nSPS) is 24.2. The van der Waals surface area contributed by atoms with Gasteiger partial charge < -0.3 is 20.3 Å². The molecule has 0 spiro atoms. The van der Waals surface area contributed by atoms with E-state index >= 15 is 0 Å². The highest BCUT2D eigenvalue weighted by Gasteiger charge is 2.28. The molecule has 0 radical (unpaired) electrons. The number of carbonyl (C=O) groups excluding carboxylic acids is 1. The molecule has 1 aliphatic heterocycles. The smallest absolute Gasteiger partial charge is 0.253 e. The van der Waals surface area contributed by atoms with Crippen LogP contribution in [0.25, 0.3) is 0 Å². The van der Waals surface area contributed by atoms with Crippen LogP contribution in [0.4, 0.5) is 5.69 Å². The van der Waals surface area contributed by atoms with Crippen molar-refractivity contribution in [3.63, 3.8) is 0 Å². The number of hydrogen-bond donors (Lipinski definition) is 3. The first kappa shape index (κ1) is 13.9. The second-order valence-electron chi connectivity index (χ2n) is 4.67. The summed E-state index contributed by atoms with van der Waals surface area (Å²) in [5.74, 6) is -0.179. The van der Waals surface area contributed by atoms with Gasteiger partial charge in [-0.3, -0.25) is 9.78 Å². The number of aliphatic hydroxyl groups is 2. The standard InChI is InChI=1S/C13H18N2O4/c1-8-2-5-12(19-8)13(18)15-9-3-4-10(14-6-9)11(17)7-16/h3-4,6,8,11-12,16-17H,2,5,7H2,1H3,(H,15,18)/t8?,11?,12-/m1/s1.